The molecule has 0 saturated heterocycles. The molecule has 0 fully saturated rings. The normalized spacial score (nSPS) is 14.9. The highest BCUT2D eigenvalue weighted by Gasteiger charge is 2.24. The molecule has 0 radical (unpaired) electrons. The Bertz CT molecular complexity index is 1150. The minimum Gasteiger partial charge on any atom is -0.493 e. The summed E-state index contributed by atoms with van der Waals surface area (Å²) in [4.78, 5) is 0. The van der Waals surface area contributed by atoms with Crippen LogP contribution in [0.5, 0.6) is 17.2 Å². The Morgan fingerprint density at radius 1 is 0.711 bits per heavy atom. The van der Waals surface area contributed by atoms with Gasteiger partial charge in [0.1, 0.15) is 24.0 Å². The summed E-state index contributed by atoms with van der Waals surface area (Å²) in [5.74, 6) is 3.44. The zero-order chi connectivity index (χ0) is 26.4. The summed E-state index contributed by atoms with van der Waals surface area (Å²) < 4.78 is 34.9. The van der Waals surface area contributed by atoms with Crippen LogP contribution in [-0.2, 0) is 14.2 Å². The summed E-state index contributed by atoms with van der Waals surface area (Å²) in [6, 6.07) is 16.2. The second kappa shape index (κ2) is 15.8. The van der Waals surface area contributed by atoms with Crippen LogP contribution >= 0.6 is 23.1 Å². The largest absolute Gasteiger partial charge is 0.493 e. The van der Waals surface area contributed by atoms with E-state index in [4.69, 9.17) is 28.4 Å². The van der Waals surface area contributed by atoms with E-state index in [1.807, 2.05) is 55.6 Å². The van der Waals surface area contributed by atoms with E-state index in [0.29, 0.717) is 33.2 Å². The maximum absolute atomic E-state index is 6.20. The van der Waals surface area contributed by atoms with Gasteiger partial charge < -0.3 is 28.4 Å². The molecule has 0 bridgehead atoms. The average molecular weight is 557 g/mol. The first kappa shape index (κ1) is 28.5. The topological polar surface area (TPSA) is 55.4 Å². The third kappa shape index (κ3) is 8.01. The molecular formula is C30H36O6S2. The summed E-state index contributed by atoms with van der Waals surface area (Å²) in [5.41, 5.74) is 4.29. The fourth-order valence-corrected chi connectivity index (χ4v) is 5.75. The fourth-order valence-electron chi connectivity index (χ4n) is 3.98. The van der Waals surface area contributed by atoms with Crippen LogP contribution in [-0.4, -0.2) is 51.9 Å². The van der Waals surface area contributed by atoms with Gasteiger partial charge in [-0.25, -0.2) is 0 Å². The smallest absolute Gasteiger partial charge is 0.189 e. The SMILES string of the molecule is CCOCOc1cscc1-c1ccccc1OCCCCOc1ccccc1C1=CSCC1OCOCC. The summed E-state index contributed by atoms with van der Waals surface area (Å²) in [5, 5.41) is 6.25. The molecule has 0 spiro atoms. The Morgan fingerprint density at radius 3 is 2.11 bits per heavy atom. The molecule has 1 aromatic heterocycles. The van der Waals surface area contributed by atoms with E-state index < -0.39 is 0 Å². The van der Waals surface area contributed by atoms with Crippen LogP contribution in [0.1, 0.15) is 32.3 Å². The van der Waals surface area contributed by atoms with Crippen LogP contribution in [0.15, 0.2) is 64.7 Å². The Hall–Kier alpha value is -2.49. The summed E-state index contributed by atoms with van der Waals surface area (Å²) in [6.07, 6.45) is 1.78. The molecule has 1 atom stereocenters. The lowest BCUT2D eigenvalue weighted by atomic mass is 10.0. The predicted octanol–water partition coefficient (Wildman–Crippen LogP) is 7.49. The molecule has 0 aliphatic carbocycles. The van der Waals surface area contributed by atoms with Gasteiger partial charge in [0.25, 0.3) is 0 Å². The van der Waals surface area contributed by atoms with E-state index in [1.165, 1.54) is 0 Å². The maximum atomic E-state index is 6.20. The van der Waals surface area contributed by atoms with E-state index >= 15 is 0 Å². The van der Waals surface area contributed by atoms with Crippen LogP contribution in [0.3, 0.4) is 0 Å². The molecule has 3 aromatic rings. The fraction of sp³-hybridized carbons (Fsp3) is 0.400. The van der Waals surface area contributed by atoms with Crippen LogP contribution in [0.25, 0.3) is 16.7 Å². The summed E-state index contributed by atoms with van der Waals surface area (Å²) >= 11 is 3.37. The number of para-hydroxylation sites is 2. The van der Waals surface area contributed by atoms with Gasteiger partial charge in [0, 0.05) is 46.4 Å². The minimum atomic E-state index is 0.0121. The van der Waals surface area contributed by atoms with Crippen LogP contribution in [0.4, 0.5) is 0 Å². The average Bonchev–Trinajstić information content (AvgIpc) is 3.61. The minimum absolute atomic E-state index is 0.0121. The van der Waals surface area contributed by atoms with Gasteiger partial charge in [-0.1, -0.05) is 36.4 Å². The third-order valence-corrected chi connectivity index (χ3v) is 7.56. The molecule has 204 valence electrons. The van der Waals surface area contributed by atoms with Crippen molar-refractivity contribution in [1.29, 1.82) is 0 Å². The molecule has 1 unspecified atom stereocenters. The highest BCUT2D eigenvalue weighted by molar-refractivity contribution is 8.02. The van der Waals surface area contributed by atoms with Crippen LogP contribution in [0, 0.1) is 0 Å². The highest BCUT2D eigenvalue weighted by Crippen LogP contribution is 2.39. The maximum Gasteiger partial charge on any atom is 0.189 e. The molecule has 1 aliphatic heterocycles. The molecule has 2 heterocycles. The molecule has 0 saturated carbocycles. The lowest BCUT2D eigenvalue weighted by molar-refractivity contribution is -0.0618. The molecule has 0 N–H and O–H groups in total. The first-order chi connectivity index (χ1) is 18.8. The Morgan fingerprint density at radius 2 is 1.37 bits per heavy atom. The molecule has 4 rings (SSSR count). The quantitative estimate of drug-likeness (QED) is 0.126. The van der Waals surface area contributed by atoms with Gasteiger partial charge in [-0.05, 0) is 49.8 Å². The van der Waals surface area contributed by atoms with Gasteiger partial charge in [0.15, 0.2) is 6.79 Å². The molecule has 1 aliphatic rings. The van der Waals surface area contributed by atoms with Crippen molar-refractivity contribution in [2.75, 3.05) is 45.8 Å². The van der Waals surface area contributed by atoms with E-state index in [2.05, 4.69) is 22.9 Å². The monoisotopic (exact) mass is 556 g/mol. The Labute approximate surface area is 233 Å². The lowest BCUT2D eigenvalue weighted by Gasteiger charge is -2.18. The first-order valence-corrected chi connectivity index (χ1v) is 15.0. The highest BCUT2D eigenvalue weighted by atomic mass is 32.2. The summed E-state index contributed by atoms with van der Waals surface area (Å²) in [7, 11) is 0. The molecule has 2 aromatic carbocycles. The number of thiophene rings is 1. The van der Waals surface area contributed by atoms with Crippen molar-refractivity contribution in [3.05, 3.63) is 70.3 Å². The number of unbranched alkanes of at least 4 members (excludes halogenated alkanes) is 1. The van der Waals surface area contributed by atoms with Gasteiger partial charge in [-0.15, -0.1) is 23.1 Å². The standard InChI is InChI=1S/C30H36O6S2/c1-3-31-21-35-29-19-37-17-25(29)23-11-5-7-13-27(23)33-15-9-10-16-34-28-14-8-6-12-24(28)26-18-38-20-30(26)36-22-32-4-2/h5-8,11-14,17-19,30H,3-4,9-10,15-16,20-22H2,1-2H3. The number of rotatable bonds is 17. The van der Waals surface area contributed by atoms with Crippen LogP contribution < -0.4 is 14.2 Å². The van der Waals surface area contributed by atoms with Crippen molar-refractivity contribution in [3.63, 3.8) is 0 Å². The first-order valence-electron chi connectivity index (χ1n) is 13.0. The number of hydrogen-bond donors (Lipinski definition) is 0. The third-order valence-electron chi connectivity index (χ3n) is 5.92. The summed E-state index contributed by atoms with van der Waals surface area (Å²) in [6.45, 7) is 6.95. The molecular weight excluding hydrogens is 520 g/mol. The molecule has 8 heteroatoms. The zero-order valence-corrected chi connectivity index (χ0v) is 23.7. The second-order valence-electron chi connectivity index (χ2n) is 8.47. The van der Waals surface area contributed by atoms with Gasteiger partial charge in [0.05, 0.1) is 19.3 Å². The van der Waals surface area contributed by atoms with Crippen molar-refractivity contribution < 1.29 is 28.4 Å². The van der Waals surface area contributed by atoms with Crippen molar-refractivity contribution in [2.24, 2.45) is 0 Å². The van der Waals surface area contributed by atoms with E-state index in [1.54, 1.807) is 23.1 Å². The molecule has 6 nitrogen and oxygen atoms in total. The van der Waals surface area contributed by atoms with Crippen molar-refractivity contribution in [3.8, 4) is 28.4 Å². The van der Waals surface area contributed by atoms with E-state index in [-0.39, 0.29) is 12.9 Å². The number of benzene rings is 2. The van der Waals surface area contributed by atoms with Crippen molar-refractivity contribution in [1.82, 2.24) is 0 Å². The zero-order valence-electron chi connectivity index (χ0n) is 22.1. The Balaban J connectivity index is 1.26. The Kier molecular flexibility index (Phi) is 11.9. The van der Waals surface area contributed by atoms with Crippen LogP contribution in [0.2, 0.25) is 0 Å². The number of thioether (sulfide) groups is 1. The number of ether oxygens (including phenoxy) is 6. The van der Waals surface area contributed by atoms with Gasteiger partial charge >= 0.3 is 0 Å². The van der Waals surface area contributed by atoms with E-state index in [0.717, 1.165) is 58.1 Å². The van der Waals surface area contributed by atoms with Gasteiger partial charge in [-0.3, -0.25) is 0 Å². The van der Waals surface area contributed by atoms with Crippen molar-refractivity contribution >= 4 is 28.7 Å². The predicted molar refractivity (Wildman–Crippen MR) is 155 cm³/mol. The molecule has 0 amide bonds. The van der Waals surface area contributed by atoms with Gasteiger partial charge in [0.2, 0.25) is 0 Å². The van der Waals surface area contributed by atoms with Gasteiger partial charge in [-0.2, -0.15) is 0 Å². The molecule has 38 heavy (non-hydrogen) atoms. The lowest BCUT2D eigenvalue weighted by Crippen LogP contribution is -2.17. The van der Waals surface area contributed by atoms with E-state index in [9.17, 15) is 0 Å². The number of hydrogen-bond acceptors (Lipinski definition) is 8. The van der Waals surface area contributed by atoms with Crippen molar-refractivity contribution in [2.45, 2.75) is 32.8 Å². The second-order valence-corrected chi connectivity index (χ2v) is 10.1.